The van der Waals surface area contributed by atoms with Gasteiger partial charge in [0, 0.05) is 65.8 Å². The third-order valence-electron chi connectivity index (χ3n) is 7.23. The zero-order valence-corrected chi connectivity index (χ0v) is 25.2. The Kier molecular flexibility index (Phi) is 8.26. The molecule has 1 atom stereocenters. The third-order valence-corrected chi connectivity index (χ3v) is 7.98. The van der Waals surface area contributed by atoms with Gasteiger partial charge in [-0.05, 0) is 23.8 Å². The molecular formula is C31H26Cl2FN5O5. The van der Waals surface area contributed by atoms with Crippen molar-refractivity contribution in [3.8, 4) is 28.4 Å². The van der Waals surface area contributed by atoms with Gasteiger partial charge < -0.3 is 24.3 Å². The van der Waals surface area contributed by atoms with Crippen LogP contribution in [-0.4, -0.2) is 58.7 Å². The number of aromatic nitrogens is 4. The number of allylic oxidation sites excluding steroid dienone is 1. The van der Waals surface area contributed by atoms with Crippen LogP contribution in [0.2, 0.25) is 10.0 Å². The van der Waals surface area contributed by atoms with E-state index in [4.69, 9.17) is 47.1 Å². The lowest BCUT2D eigenvalue weighted by molar-refractivity contribution is -0.114. The molecule has 0 bridgehead atoms. The minimum Gasteiger partial charge on any atom is -0.495 e. The van der Waals surface area contributed by atoms with Crippen molar-refractivity contribution in [1.29, 1.82) is 0 Å². The molecule has 4 heterocycles. The molecule has 1 saturated heterocycles. The second-order valence-electron chi connectivity index (χ2n) is 9.95. The van der Waals surface area contributed by atoms with Crippen molar-refractivity contribution in [2.45, 2.75) is 18.9 Å². The minimum absolute atomic E-state index is 0.0299. The van der Waals surface area contributed by atoms with Crippen molar-refractivity contribution in [3.05, 3.63) is 76.9 Å². The second kappa shape index (κ2) is 12.3. The Balaban J connectivity index is 1.42. The first-order valence-electron chi connectivity index (χ1n) is 13.5. The van der Waals surface area contributed by atoms with Crippen molar-refractivity contribution in [2.75, 3.05) is 32.8 Å². The van der Waals surface area contributed by atoms with Gasteiger partial charge in [-0.15, -0.1) is 0 Å². The van der Waals surface area contributed by atoms with Gasteiger partial charge in [-0.25, -0.2) is 14.4 Å². The first-order valence-corrected chi connectivity index (χ1v) is 14.3. The zero-order valence-electron chi connectivity index (χ0n) is 23.7. The maximum Gasteiger partial charge on any atom is 0.229 e. The van der Waals surface area contributed by atoms with Crippen LogP contribution in [0.1, 0.15) is 12.0 Å². The fourth-order valence-corrected chi connectivity index (χ4v) is 5.76. The van der Waals surface area contributed by atoms with Crippen molar-refractivity contribution in [2.24, 2.45) is 0 Å². The molecule has 1 N–H and O–H groups in total. The van der Waals surface area contributed by atoms with Gasteiger partial charge in [0.1, 0.15) is 23.3 Å². The van der Waals surface area contributed by atoms with Gasteiger partial charge in [-0.1, -0.05) is 29.8 Å². The summed E-state index contributed by atoms with van der Waals surface area (Å²) in [4.78, 5) is 26.0. The number of ether oxygens (including phenoxy) is 4. The van der Waals surface area contributed by atoms with Crippen LogP contribution in [-0.2, 0) is 16.0 Å². The predicted octanol–water partition coefficient (Wildman–Crippen LogP) is 6.62. The molecule has 0 amide bonds. The summed E-state index contributed by atoms with van der Waals surface area (Å²) >= 11 is 13.4. The molecule has 226 valence electrons. The number of imidazole rings is 1. The summed E-state index contributed by atoms with van der Waals surface area (Å²) in [6.07, 6.45) is 6.54. The Morgan fingerprint density at radius 1 is 1.14 bits per heavy atom. The Labute approximate surface area is 261 Å². The lowest BCUT2D eigenvalue weighted by Gasteiger charge is -2.17. The van der Waals surface area contributed by atoms with E-state index in [-0.39, 0.29) is 30.0 Å². The Morgan fingerprint density at radius 2 is 1.91 bits per heavy atom. The molecule has 2 aromatic carbocycles. The molecule has 1 aliphatic heterocycles. The zero-order chi connectivity index (χ0) is 31.0. The van der Waals surface area contributed by atoms with E-state index in [1.165, 1.54) is 32.4 Å². The van der Waals surface area contributed by atoms with E-state index in [9.17, 15) is 4.79 Å². The standard InChI is InChI=1S/C31H26Cl2FN5O5/c1-4-18(40)9-16-11-23(44-19-5-8-43-15-19)21(34)12-22(16)37-31-36-14-17-10-20(30-35-6-7-39(30)29(17)38-31)26-27(32)24(41-2)13-25(42-3)28(26)33/h4,6-7,10-14,19H,1,5,8-9,15H2,2-3H3,(H,36,37,38)/t19-/m1/s1. The van der Waals surface area contributed by atoms with Crippen molar-refractivity contribution in [3.63, 3.8) is 0 Å². The first-order chi connectivity index (χ1) is 21.3. The molecule has 0 saturated carbocycles. The fourth-order valence-electron chi connectivity index (χ4n) is 5.05. The maximum atomic E-state index is 15.2. The lowest BCUT2D eigenvalue weighted by atomic mass is 10.0. The van der Waals surface area contributed by atoms with Crippen LogP contribution in [0, 0.1) is 5.82 Å². The fraction of sp³-hybridized carbons (Fsp3) is 0.226. The van der Waals surface area contributed by atoms with Gasteiger partial charge >= 0.3 is 0 Å². The molecule has 3 aromatic heterocycles. The normalized spacial score (nSPS) is 14.6. The molecule has 5 aromatic rings. The molecule has 10 nitrogen and oxygen atoms in total. The van der Waals surface area contributed by atoms with Crippen LogP contribution in [0.3, 0.4) is 0 Å². The van der Waals surface area contributed by atoms with Gasteiger partial charge in [-0.3, -0.25) is 9.20 Å². The highest BCUT2D eigenvalue weighted by Gasteiger charge is 2.24. The van der Waals surface area contributed by atoms with E-state index in [2.05, 4.69) is 21.9 Å². The molecule has 0 aliphatic carbocycles. The van der Waals surface area contributed by atoms with Crippen molar-refractivity contribution in [1.82, 2.24) is 19.4 Å². The number of halogens is 3. The Bertz CT molecular complexity index is 1900. The van der Waals surface area contributed by atoms with Gasteiger partial charge in [0.05, 0.1) is 37.5 Å². The maximum absolute atomic E-state index is 15.2. The number of pyridine rings is 1. The molecule has 1 aliphatic rings. The second-order valence-corrected chi connectivity index (χ2v) is 10.7. The molecule has 44 heavy (non-hydrogen) atoms. The first kappa shape index (κ1) is 29.6. The van der Waals surface area contributed by atoms with Crippen LogP contribution in [0.15, 0.2) is 55.5 Å². The van der Waals surface area contributed by atoms with Crippen molar-refractivity contribution >= 4 is 57.3 Å². The van der Waals surface area contributed by atoms with Crippen LogP contribution in [0.4, 0.5) is 16.0 Å². The summed E-state index contributed by atoms with van der Waals surface area (Å²) in [6, 6.07) is 6.20. The number of nitrogens with zero attached hydrogens (tertiary/aromatic N) is 4. The van der Waals surface area contributed by atoms with Crippen LogP contribution in [0.25, 0.3) is 27.8 Å². The molecular weight excluding hydrogens is 612 g/mol. The number of nitrogens with one attached hydrogen (secondary N) is 1. The SMILES string of the molecule is C=CC(=O)Cc1cc(O[C@@H]2CCOC2)c(F)cc1Nc1ncc2cc(-c3c(Cl)c(OC)cc(OC)c3Cl)c3nccn3c2n1. The molecule has 0 unspecified atom stereocenters. The summed E-state index contributed by atoms with van der Waals surface area (Å²) in [5, 5.41) is 4.29. The van der Waals surface area contributed by atoms with E-state index >= 15 is 4.39 Å². The minimum atomic E-state index is -0.598. The molecule has 1 fully saturated rings. The summed E-state index contributed by atoms with van der Waals surface area (Å²) < 4.78 is 39.0. The van der Waals surface area contributed by atoms with Gasteiger partial charge in [0.25, 0.3) is 0 Å². The number of fused-ring (bicyclic) bond motifs is 3. The molecule has 0 radical (unpaired) electrons. The van der Waals surface area contributed by atoms with Crippen LogP contribution in [0.5, 0.6) is 17.2 Å². The lowest BCUT2D eigenvalue weighted by Crippen LogP contribution is -2.17. The highest BCUT2D eigenvalue weighted by molar-refractivity contribution is 6.41. The van der Waals surface area contributed by atoms with Gasteiger partial charge in [0.2, 0.25) is 5.95 Å². The molecule has 13 heteroatoms. The molecule has 6 rings (SSSR count). The van der Waals surface area contributed by atoms with Crippen LogP contribution >= 0.6 is 23.2 Å². The number of carbonyl (C=O) groups excluding carboxylic acids is 1. The van der Waals surface area contributed by atoms with E-state index in [0.29, 0.717) is 80.2 Å². The number of rotatable bonds is 10. The largest absolute Gasteiger partial charge is 0.495 e. The quantitative estimate of drug-likeness (QED) is 0.169. The highest BCUT2D eigenvalue weighted by Crippen LogP contribution is 2.47. The summed E-state index contributed by atoms with van der Waals surface area (Å²) in [5.74, 6) is 0.136. The smallest absolute Gasteiger partial charge is 0.229 e. The van der Waals surface area contributed by atoms with Gasteiger partial charge in [0.15, 0.2) is 23.0 Å². The number of hydrogen-bond donors (Lipinski definition) is 1. The summed E-state index contributed by atoms with van der Waals surface area (Å²) in [6.45, 7) is 4.48. The van der Waals surface area contributed by atoms with E-state index < -0.39 is 5.82 Å². The molecule has 0 spiro atoms. The topological polar surface area (TPSA) is 109 Å². The highest BCUT2D eigenvalue weighted by atomic mass is 35.5. The summed E-state index contributed by atoms with van der Waals surface area (Å²) in [5.41, 5.74) is 2.91. The summed E-state index contributed by atoms with van der Waals surface area (Å²) in [7, 11) is 3.00. The average Bonchev–Trinajstić information content (AvgIpc) is 3.73. The number of ketones is 1. The van der Waals surface area contributed by atoms with Crippen LogP contribution < -0.4 is 19.5 Å². The van der Waals surface area contributed by atoms with E-state index in [1.54, 1.807) is 29.1 Å². The average molecular weight is 638 g/mol. The Morgan fingerprint density at radius 3 is 2.59 bits per heavy atom. The van der Waals surface area contributed by atoms with Crippen molar-refractivity contribution < 1.29 is 28.1 Å². The van der Waals surface area contributed by atoms with Gasteiger partial charge in [-0.2, -0.15) is 4.98 Å². The number of hydrogen-bond acceptors (Lipinski definition) is 9. The number of anilines is 2. The number of carbonyl (C=O) groups is 1. The third kappa shape index (κ3) is 5.49. The van der Waals surface area contributed by atoms with E-state index in [0.717, 1.165) is 0 Å². The number of benzene rings is 2. The van der Waals surface area contributed by atoms with E-state index in [1.807, 2.05) is 6.07 Å². The Hall–Kier alpha value is -4.45. The number of methoxy groups -OCH3 is 2. The predicted molar refractivity (Wildman–Crippen MR) is 165 cm³/mol. The monoisotopic (exact) mass is 637 g/mol.